The van der Waals surface area contributed by atoms with Gasteiger partial charge in [0, 0.05) is 17.4 Å². The lowest BCUT2D eigenvalue weighted by Gasteiger charge is -2.13. The molecule has 0 spiro atoms. The van der Waals surface area contributed by atoms with E-state index in [1.807, 2.05) is 57.2 Å². The van der Waals surface area contributed by atoms with Crippen LogP contribution in [0.2, 0.25) is 0 Å². The van der Waals surface area contributed by atoms with E-state index in [-0.39, 0.29) is 0 Å². The average Bonchev–Trinajstić information content (AvgIpc) is 2.48. The summed E-state index contributed by atoms with van der Waals surface area (Å²) in [6.07, 6.45) is 0. The first-order valence-electron chi connectivity index (χ1n) is 7.29. The van der Waals surface area contributed by atoms with Gasteiger partial charge in [0.2, 0.25) is 0 Å². The summed E-state index contributed by atoms with van der Waals surface area (Å²) in [5.41, 5.74) is 3.03. The Hall–Kier alpha value is -2.23. The summed E-state index contributed by atoms with van der Waals surface area (Å²) in [5, 5.41) is 3.36. The van der Waals surface area contributed by atoms with Crippen LogP contribution in [0, 0.1) is 6.92 Å². The van der Waals surface area contributed by atoms with E-state index in [4.69, 9.17) is 9.47 Å². The molecule has 0 radical (unpaired) electrons. The normalized spacial score (nSPS) is 10.2. The molecule has 112 valence electrons. The van der Waals surface area contributed by atoms with Crippen molar-refractivity contribution < 1.29 is 9.47 Å². The van der Waals surface area contributed by atoms with Crippen molar-refractivity contribution in [1.29, 1.82) is 0 Å². The van der Waals surface area contributed by atoms with Crippen molar-refractivity contribution in [3.8, 4) is 11.5 Å². The molecule has 1 aromatic heterocycles. The zero-order valence-corrected chi connectivity index (χ0v) is 12.8. The molecule has 1 heterocycles. The molecule has 0 fully saturated rings. The molecule has 21 heavy (non-hydrogen) atoms. The second kappa shape index (κ2) is 7.53. The molecule has 0 saturated heterocycles. The third-order valence-electron chi connectivity index (χ3n) is 2.96. The Morgan fingerprint density at radius 3 is 2.48 bits per heavy atom. The largest absolute Gasteiger partial charge is 0.490 e. The van der Waals surface area contributed by atoms with Gasteiger partial charge in [-0.3, -0.25) is 4.98 Å². The first-order chi connectivity index (χ1) is 10.2. The highest BCUT2D eigenvalue weighted by Gasteiger charge is 2.06. The maximum Gasteiger partial charge on any atom is 0.163 e. The van der Waals surface area contributed by atoms with E-state index in [2.05, 4.69) is 10.3 Å². The van der Waals surface area contributed by atoms with Gasteiger partial charge >= 0.3 is 0 Å². The van der Waals surface area contributed by atoms with Crippen LogP contribution in [-0.4, -0.2) is 18.2 Å². The van der Waals surface area contributed by atoms with E-state index in [0.29, 0.717) is 19.8 Å². The van der Waals surface area contributed by atoms with E-state index in [9.17, 15) is 0 Å². The van der Waals surface area contributed by atoms with Crippen LogP contribution in [0.4, 0.5) is 5.69 Å². The van der Waals surface area contributed by atoms with E-state index in [0.717, 1.165) is 28.6 Å². The van der Waals surface area contributed by atoms with Gasteiger partial charge in [-0.25, -0.2) is 0 Å². The lowest BCUT2D eigenvalue weighted by Crippen LogP contribution is -2.03. The molecule has 2 rings (SSSR count). The minimum atomic E-state index is 0.614. The number of aryl methyl sites for hydroxylation is 1. The van der Waals surface area contributed by atoms with Crippen LogP contribution in [0.3, 0.4) is 0 Å². The molecule has 0 amide bonds. The summed E-state index contributed by atoms with van der Waals surface area (Å²) in [6, 6.07) is 11.9. The minimum Gasteiger partial charge on any atom is -0.490 e. The molecule has 1 aromatic carbocycles. The van der Waals surface area contributed by atoms with Crippen molar-refractivity contribution in [3.05, 3.63) is 47.8 Å². The van der Waals surface area contributed by atoms with Crippen LogP contribution in [-0.2, 0) is 6.54 Å². The van der Waals surface area contributed by atoms with Gasteiger partial charge in [0.05, 0.1) is 25.5 Å². The highest BCUT2D eigenvalue weighted by Crippen LogP contribution is 2.30. The molecule has 0 aliphatic rings. The van der Waals surface area contributed by atoms with Gasteiger partial charge in [-0.2, -0.15) is 0 Å². The first kappa shape index (κ1) is 15.2. The van der Waals surface area contributed by atoms with Crippen LogP contribution in [0.25, 0.3) is 0 Å². The highest BCUT2D eigenvalue weighted by molar-refractivity contribution is 5.54. The van der Waals surface area contributed by atoms with Gasteiger partial charge in [-0.15, -0.1) is 0 Å². The Morgan fingerprint density at radius 1 is 1.00 bits per heavy atom. The monoisotopic (exact) mass is 286 g/mol. The first-order valence-corrected chi connectivity index (χ1v) is 7.29. The van der Waals surface area contributed by atoms with Crippen molar-refractivity contribution in [2.24, 2.45) is 0 Å². The summed E-state index contributed by atoms with van der Waals surface area (Å²) in [7, 11) is 0. The number of nitrogens with zero attached hydrogens (tertiary/aromatic N) is 1. The van der Waals surface area contributed by atoms with Crippen molar-refractivity contribution in [2.75, 3.05) is 18.5 Å². The van der Waals surface area contributed by atoms with Crippen LogP contribution in [0.5, 0.6) is 11.5 Å². The third kappa shape index (κ3) is 4.38. The SMILES string of the molecule is CCOc1ccc(NCc2cccc(C)n2)cc1OCC. The van der Waals surface area contributed by atoms with Gasteiger partial charge in [0.25, 0.3) is 0 Å². The molecule has 0 aliphatic carbocycles. The smallest absolute Gasteiger partial charge is 0.163 e. The van der Waals surface area contributed by atoms with Crippen molar-refractivity contribution in [2.45, 2.75) is 27.3 Å². The van der Waals surface area contributed by atoms with Gasteiger partial charge in [-0.05, 0) is 45.0 Å². The minimum absolute atomic E-state index is 0.614. The molecule has 0 atom stereocenters. The van der Waals surface area contributed by atoms with Crippen LogP contribution in [0.1, 0.15) is 25.2 Å². The number of hydrogen-bond donors (Lipinski definition) is 1. The lowest BCUT2D eigenvalue weighted by atomic mass is 10.2. The fraction of sp³-hybridized carbons (Fsp3) is 0.353. The molecule has 4 heteroatoms. The number of nitrogens with one attached hydrogen (secondary N) is 1. The molecule has 4 nitrogen and oxygen atoms in total. The number of pyridine rings is 1. The molecule has 1 N–H and O–H groups in total. The lowest BCUT2D eigenvalue weighted by molar-refractivity contribution is 0.288. The van der Waals surface area contributed by atoms with Gasteiger partial charge in [0.1, 0.15) is 0 Å². The second-order valence-corrected chi connectivity index (χ2v) is 4.65. The predicted octanol–water partition coefficient (Wildman–Crippen LogP) is 3.80. The molecule has 0 saturated carbocycles. The Morgan fingerprint density at radius 2 is 1.76 bits per heavy atom. The molecular weight excluding hydrogens is 264 g/mol. The highest BCUT2D eigenvalue weighted by atomic mass is 16.5. The third-order valence-corrected chi connectivity index (χ3v) is 2.96. The standard InChI is InChI=1S/C17H22N2O2/c1-4-20-16-10-9-14(11-17(16)21-5-2)18-12-15-8-6-7-13(3)19-15/h6-11,18H,4-5,12H2,1-3H3. The number of aromatic nitrogens is 1. The number of benzene rings is 1. The van der Waals surface area contributed by atoms with E-state index in [1.54, 1.807) is 0 Å². The number of rotatable bonds is 7. The summed E-state index contributed by atoms with van der Waals surface area (Å²) in [4.78, 5) is 4.48. The molecule has 0 aliphatic heterocycles. The topological polar surface area (TPSA) is 43.4 Å². The van der Waals surface area contributed by atoms with E-state index in [1.165, 1.54) is 0 Å². The summed E-state index contributed by atoms with van der Waals surface area (Å²) >= 11 is 0. The fourth-order valence-electron chi connectivity index (χ4n) is 2.05. The number of hydrogen-bond acceptors (Lipinski definition) is 4. The second-order valence-electron chi connectivity index (χ2n) is 4.65. The van der Waals surface area contributed by atoms with E-state index < -0.39 is 0 Å². The van der Waals surface area contributed by atoms with Crippen LogP contribution < -0.4 is 14.8 Å². The summed E-state index contributed by atoms with van der Waals surface area (Å²) < 4.78 is 11.2. The average molecular weight is 286 g/mol. The van der Waals surface area contributed by atoms with Gasteiger partial charge in [0.15, 0.2) is 11.5 Å². The Bertz CT molecular complexity index is 585. The van der Waals surface area contributed by atoms with Crippen molar-refractivity contribution >= 4 is 5.69 Å². The van der Waals surface area contributed by atoms with Crippen LogP contribution in [0.15, 0.2) is 36.4 Å². The fourth-order valence-corrected chi connectivity index (χ4v) is 2.05. The van der Waals surface area contributed by atoms with Crippen molar-refractivity contribution in [1.82, 2.24) is 4.98 Å². The zero-order chi connectivity index (χ0) is 15.1. The zero-order valence-electron chi connectivity index (χ0n) is 12.8. The molecule has 0 unspecified atom stereocenters. The Labute approximate surface area is 126 Å². The van der Waals surface area contributed by atoms with Crippen molar-refractivity contribution in [3.63, 3.8) is 0 Å². The summed E-state index contributed by atoms with van der Waals surface area (Å²) in [6.45, 7) is 7.84. The summed E-state index contributed by atoms with van der Waals surface area (Å²) in [5.74, 6) is 1.54. The Kier molecular flexibility index (Phi) is 5.43. The van der Waals surface area contributed by atoms with Gasteiger partial charge < -0.3 is 14.8 Å². The van der Waals surface area contributed by atoms with E-state index >= 15 is 0 Å². The number of anilines is 1. The van der Waals surface area contributed by atoms with Gasteiger partial charge in [-0.1, -0.05) is 6.07 Å². The molecule has 0 bridgehead atoms. The maximum absolute atomic E-state index is 5.62. The maximum atomic E-state index is 5.62. The van der Waals surface area contributed by atoms with Crippen LogP contribution >= 0.6 is 0 Å². The predicted molar refractivity (Wildman–Crippen MR) is 85.1 cm³/mol. The quantitative estimate of drug-likeness (QED) is 0.840. The Balaban J connectivity index is 2.07. The number of ether oxygens (including phenoxy) is 2. The molecular formula is C17H22N2O2. The molecule has 2 aromatic rings.